The second kappa shape index (κ2) is 9.52. The molecule has 0 aliphatic carbocycles. The fourth-order valence-corrected chi connectivity index (χ4v) is 5.40. The van der Waals surface area contributed by atoms with Gasteiger partial charge in [0.15, 0.2) is 0 Å². The molecule has 1 atom stereocenters. The van der Waals surface area contributed by atoms with Gasteiger partial charge in [-0.3, -0.25) is 9.69 Å². The summed E-state index contributed by atoms with van der Waals surface area (Å²) in [6.45, 7) is 5.60. The predicted octanol–water partition coefficient (Wildman–Crippen LogP) is 3.49. The highest BCUT2D eigenvalue weighted by Gasteiger charge is 2.27. The number of sulfonamides is 1. The lowest BCUT2D eigenvalue weighted by Crippen LogP contribution is -2.33. The summed E-state index contributed by atoms with van der Waals surface area (Å²) >= 11 is 0. The molecule has 156 valence electrons. The van der Waals surface area contributed by atoms with Crippen molar-refractivity contribution < 1.29 is 13.2 Å². The Balaban J connectivity index is 1.68. The van der Waals surface area contributed by atoms with Gasteiger partial charge in [-0.2, -0.15) is 4.31 Å². The molecule has 1 heterocycles. The lowest BCUT2D eigenvalue weighted by molar-refractivity contribution is -0.117. The van der Waals surface area contributed by atoms with E-state index in [9.17, 15) is 13.2 Å². The minimum absolute atomic E-state index is 0.134. The summed E-state index contributed by atoms with van der Waals surface area (Å²) in [6.07, 6.45) is 2.10. The normalized spacial score (nSPS) is 17.6. The molecule has 1 N–H and O–H groups in total. The molecule has 7 heteroatoms. The standard InChI is InChI=1S/C22H29N3O3S/c1-3-25(4-2)29(27,28)20-13-8-12-19(16-20)23-22(26)17-24-15-9-14-21(24)18-10-6-5-7-11-18/h5-8,10-13,16,21H,3-4,9,14-15,17H2,1-2H3,(H,23,26). The second-order valence-electron chi connectivity index (χ2n) is 7.20. The molecule has 0 aromatic heterocycles. The Morgan fingerprint density at radius 3 is 2.52 bits per heavy atom. The van der Waals surface area contributed by atoms with Crippen molar-refractivity contribution in [1.29, 1.82) is 0 Å². The Morgan fingerprint density at radius 2 is 1.83 bits per heavy atom. The predicted molar refractivity (Wildman–Crippen MR) is 115 cm³/mol. The number of hydrogen-bond acceptors (Lipinski definition) is 4. The van der Waals surface area contributed by atoms with Crippen LogP contribution in [0.15, 0.2) is 59.5 Å². The molecule has 2 aromatic rings. The number of carbonyl (C=O) groups is 1. The van der Waals surface area contributed by atoms with E-state index in [1.807, 2.05) is 32.0 Å². The van der Waals surface area contributed by atoms with Crippen LogP contribution in [0.2, 0.25) is 0 Å². The van der Waals surface area contributed by atoms with Gasteiger partial charge in [-0.1, -0.05) is 50.2 Å². The fourth-order valence-electron chi connectivity index (χ4n) is 3.90. The molecule has 1 saturated heterocycles. The number of nitrogens with one attached hydrogen (secondary N) is 1. The molecule has 1 unspecified atom stereocenters. The molecule has 3 rings (SSSR count). The number of likely N-dealkylation sites (tertiary alicyclic amines) is 1. The summed E-state index contributed by atoms with van der Waals surface area (Å²) in [5, 5.41) is 2.86. The zero-order valence-corrected chi connectivity index (χ0v) is 17.9. The van der Waals surface area contributed by atoms with Crippen LogP contribution in [0.1, 0.15) is 38.3 Å². The van der Waals surface area contributed by atoms with Crippen molar-refractivity contribution in [1.82, 2.24) is 9.21 Å². The molecule has 1 fully saturated rings. The van der Waals surface area contributed by atoms with Crippen LogP contribution in [0, 0.1) is 0 Å². The number of carbonyl (C=O) groups excluding carboxylic acids is 1. The van der Waals surface area contributed by atoms with E-state index in [0.29, 0.717) is 18.8 Å². The zero-order chi connectivity index (χ0) is 20.9. The first-order chi connectivity index (χ1) is 14.0. The Kier molecular flexibility index (Phi) is 7.05. The molecule has 1 aliphatic heterocycles. The maximum Gasteiger partial charge on any atom is 0.243 e. The van der Waals surface area contributed by atoms with Crippen molar-refractivity contribution in [2.45, 2.75) is 37.6 Å². The van der Waals surface area contributed by atoms with Gasteiger partial charge >= 0.3 is 0 Å². The van der Waals surface area contributed by atoms with E-state index in [2.05, 4.69) is 22.3 Å². The minimum atomic E-state index is -3.56. The SMILES string of the molecule is CCN(CC)S(=O)(=O)c1cccc(NC(=O)CN2CCCC2c2ccccc2)c1. The summed E-state index contributed by atoms with van der Waals surface area (Å²) in [4.78, 5) is 15.0. The van der Waals surface area contributed by atoms with E-state index in [4.69, 9.17) is 0 Å². The summed E-state index contributed by atoms with van der Waals surface area (Å²) < 4.78 is 26.8. The molecular weight excluding hydrogens is 386 g/mol. The number of hydrogen-bond donors (Lipinski definition) is 1. The number of nitrogens with zero attached hydrogens (tertiary/aromatic N) is 2. The first kappa shape index (κ1) is 21.5. The van der Waals surface area contributed by atoms with Crippen LogP contribution < -0.4 is 5.32 Å². The molecular formula is C22H29N3O3S. The van der Waals surface area contributed by atoms with Crippen molar-refractivity contribution in [2.75, 3.05) is 31.5 Å². The Morgan fingerprint density at radius 1 is 1.10 bits per heavy atom. The average Bonchev–Trinajstić information content (AvgIpc) is 3.17. The van der Waals surface area contributed by atoms with Crippen LogP contribution >= 0.6 is 0 Å². The first-order valence-electron chi connectivity index (χ1n) is 10.1. The van der Waals surface area contributed by atoms with Gasteiger partial charge in [-0.05, 0) is 43.1 Å². The minimum Gasteiger partial charge on any atom is -0.325 e. The third kappa shape index (κ3) is 5.04. The van der Waals surface area contributed by atoms with Crippen molar-refractivity contribution in [3.63, 3.8) is 0 Å². The van der Waals surface area contributed by atoms with Gasteiger partial charge in [0.1, 0.15) is 0 Å². The number of benzene rings is 2. The third-order valence-corrected chi connectivity index (χ3v) is 7.40. The van der Waals surface area contributed by atoms with Gasteiger partial charge in [-0.15, -0.1) is 0 Å². The molecule has 29 heavy (non-hydrogen) atoms. The van der Waals surface area contributed by atoms with Crippen LogP contribution in [0.4, 0.5) is 5.69 Å². The Labute approximate surface area is 173 Å². The summed E-state index contributed by atoms with van der Waals surface area (Å²) in [7, 11) is -3.56. The summed E-state index contributed by atoms with van der Waals surface area (Å²) in [5.74, 6) is -0.134. The topological polar surface area (TPSA) is 69.7 Å². The van der Waals surface area contributed by atoms with Crippen LogP contribution in [0.5, 0.6) is 0 Å². The van der Waals surface area contributed by atoms with Crippen molar-refractivity contribution in [2.24, 2.45) is 0 Å². The van der Waals surface area contributed by atoms with Crippen LogP contribution in [0.3, 0.4) is 0 Å². The third-order valence-electron chi connectivity index (χ3n) is 5.36. The number of amides is 1. The van der Waals surface area contributed by atoms with Crippen molar-refractivity contribution in [3.8, 4) is 0 Å². The van der Waals surface area contributed by atoms with Gasteiger partial charge in [0.2, 0.25) is 15.9 Å². The van der Waals surface area contributed by atoms with E-state index in [1.54, 1.807) is 18.2 Å². The van der Waals surface area contributed by atoms with Crippen LogP contribution in [-0.2, 0) is 14.8 Å². The highest BCUT2D eigenvalue weighted by molar-refractivity contribution is 7.89. The molecule has 2 aromatic carbocycles. The van der Waals surface area contributed by atoms with Gasteiger partial charge in [0, 0.05) is 24.8 Å². The van der Waals surface area contributed by atoms with Crippen molar-refractivity contribution in [3.05, 3.63) is 60.2 Å². The summed E-state index contributed by atoms with van der Waals surface area (Å²) in [5.41, 5.74) is 1.73. The van der Waals surface area contributed by atoms with Gasteiger partial charge in [-0.25, -0.2) is 8.42 Å². The molecule has 0 bridgehead atoms. The summed E-state index contributed by atoms with van der Waals surface area (Å²) in [6, 6.07) is 17.0. The average molecular weight is 416 g/mol. The van der Waals surface area contributed by atoms with Crippen molar-refractivity contribution >= 4 is 21.6 Å². The molecule has 1 aliphatic rings. The van der Waals surface area contributed by atoms with E-state index in [-0.39, 0.29) is 23.4 Å². The molecule has 0 radical (unpaired) electrons. The number of anilines is 1. The lowest BCUT2D eigenvalue weighted by Gasteiger charge is -2.24. The first-order valence-corrected chi connectivity index (χ1v) is 11.6. The quantitative estimate of drug-likeness (QED) is 0.717. The largest absolute Gasteiger partial charge is 0.325 e. The highest BCUT2D eigenvalue weighted by Crippen LogP contribution is 2.31. The molecule has 0 saturated carbocycles. The van der Waals surface area contributed by atoms with E-state index in [0.717, 1.165) is 19.4 Å². The maximum absolute atomic E-state index is 12.7. The van der Waals surface area contributed by atoms with Gasteiger partial charge in [0.25, 0.3) is 0 Å². The molecule has 0 spiro atoms. The van der Waals surface area contributed by atoms with E-state index in [1.165, 1.54) is 15.9 Å². The van der Waals surface area contributed by atoms with Gasteiger partial charge < -0.3 is 5.32 Å². The van der Waals surface area contributed by atoms with E-state index < -0.39 is 10.0 Å². The Bertz CT molecular complexity index is 927. The second-order valence-corrected chi connectivity index (χ2v) is 9.14. The monoisotopic (exact) mass is 415 g/mol. The fraction of sp³-hybridized carbons (Fsp3) is 0.409. The smallest absolute Gasteiger partial charge is 0.243 e. The van der Waals surface area contributed by atoms with Crippen LogP contribution in [0.25, 0.3) is 0 Å². The number of rotatable bonds is 8. The maximum atomic E-state index is 12.7. The van der Waals surface area contributed by atoms with Gasteiger partial charge in [0.05, 0.1) is 11.4 Å². The van der Waals surface area contributed by atoms with Crippen LogP contribution in [-0.4, -0.2) is 49.7 Å². The molecule has 6 nitrogen and oxygen atoms in total. The highest BCUT2D eigenvalue weighted by atomic mass is 32.2. The molecule has 1 amide bonds. The van der Waals surface area contributed by atoms with E-state index >= 15 is 0 Å². The Hall–Kier alpha value is -2.22. The zero-order valence-electron chi connectivity index (χ0n) is 17.0. The lowest BCUT2D eigenvalue weighted by atomic mass is 10.0.